The number of hydrogen-bond acceptors (Lipinski definition) is 2. The first-order valence-electron chi connectivity index (χ1n) is 7.02. The number of halogens is 3. The van der Waals surface area contributed by atoms with E-state index in [9.17, 15) is 13.2 Å². The average Bonchev–Trinajstić information content (AvgIpc) is 2.38. The molecule has 0 spiro atoms. The van der Waals surface area contributed by atoms with E-state index in [0.29, 0.717) is 6.54 Å². The van der Waals surface area contributed by atoms with Crippen LogP contribution in [-0.4, -0.2) is 19.2 Å². The van der Waals surface area contributed by atoms with Gasteiger partial charge in [0, 0.05) is 6.54 Å². The molecule has 1 unspecified atom stereocenters. The minimum atomic E-state index is -4.38. The average molecular weight is 289 g/mol. The molecule has 1 aromatic carbocycles. The van der Waals surface area contributed by atoms with Gasteiger partial charge in [-0.05, 0) is 31.5 Å². The minimum Gasteiger partial charge on any atom is -0.488 e. The number of para-hydroxylation sites is 1. The first kappa shape index (κ1) is 16.8. The van der Waals surface area contributed by atoms with Gasteiger partial charge in [0.2, 0.25) is 0 Å². The number of benzene rings is 1. The van der Waals surface area contributed by atoms with Crippen LogP contribution in [0.3, 0.4) is 0 Å². The number of hydrogen-bond donors (Lipinski definition) is 1. The van der Waals surface area contributed by atoms with Crippen molar-refractivity contribution < 1.29 is 17.9 Å². The molecule has 0 bridgehead atoms. The van der Waals surface area contributed by atoms with Gasteiger partial charge in [0.1, 0.15) is 11.9 Å². The predicted octanol–water partition coefficient (Wildman–Crippen LogP) is 4.25. The SMILES string of the molecule is CCCNCC(CCC)Oc1ccccc1C(F)(F)F. The van der Waals surface area contributed by atoms with E-state index in [2.05, 4.69) is 5.32 Å². The molecule has 0 aromatic heterocycles. The topological polar surface area (TPSA) is 21.3 Å². The molecule has 0 radical (unpaired) electrons. The highest BCUT2D eigenvalue weighted by Gasteiger charge is 2.34. The zero-order valence-corrected chi connectivity index (χ0v) is 12.0. The predicted molar refractivity (Wildman–Crippen MR) is 73.9 cm³/mol. The molecule has 0 aliphatic carbocycles. The first-order chi connectivity index (χ1) is 9.49. The lowest BCUT2D eigenvalue weighted by molar-refractivity contribution is -0.139. The van der Waals surface area contributed by atoms with E-state index in [4.69, 9.17) is 4.74 Å². The molecule has 0 heterocycles. The van der Waals surface area contributed by atoms with Gasteiger partial charge in [-0.1, -0.05) is 32.4 Å². The van der Waals surface area contributed by atoms with E-state index in [1.54, 1.807) is 6.07 Å². The van der Waals surface area contributed by atoms with Crippen molar-refractivity contribution in [2.24, 2.45) is 0 Å². The number of rotatable bonds is 8. The molecule has 0 saturated carbocycles. The summed E-state index contributed by atoms with van der Waals surface area (Å²) in [6.07, 6.45) is -2.05. The third-order valence-corrected chi connectivity index (χ3v) is 2.90. The van der Waals surface area contributed by atoms with E-state index >= 15 is 0 Å². The molecular weight excluding hydrogens is 267 g/mol. The highest BCUT2D eigenvalue weighted by molar-refractivity contribution is 5.35. The molecule has 0 aliphatic heterocycles. The fourth-order valence-electron chi connectivity index (χ4n) is 1.95. The van der Waals surface area contributed by atoms with Crippen molar-refractivity contribution in [3.63, 3.8) is 0 Å². The Bertz CT molecular complexity index is 393. The maximum absolute atomic E-state index is 12.9. The smallest absolute Gasteiger partial charge is 0.419 e. The largest absolute Gasteiger partial charge is 0.488 e. The van der Waals surface area contributed by atoms with E-state index in [0.717, 1.165) is 31.9 Å². The molecule has 0 fully saturated rings. The molecule has 0 amide bonds. The van der Waals surface area contributed by atoms with Gasteiger partial charge in [-0.15, -0.1) is 0 Å². The standard InChI is InChI=1S/C15H22F3NO/c1-3-7-12(11-19-10-4-2)20-14-9-6-5-8-13(14)15(16,17)18/h5-6,8-9,12,19H,3-4,7,10-11H2,1-2H3. The Kier molecular flexibility index (Phi) is 6.85. The van der Waals surface area contributed by atoms with Crippen molar-refractivity contribution in [1.29, 1.82) is 0 Å². The van der Waals surface area contributed by atoms with Gasteiger partial charge in [0.05, 0.1) is 5.56 Å². The summed E-state index contributed by atoms with van der Waals surface area (Å²) >= 11 is 0. The fraction of sp³-hybridized carbons (Fsp3) is 0.600. The van der Waals surface area contributed by atoms with Gasteiger partial charge in [0.15, 0.2) is 0 Å². The molecule has 20 heavy (non-hydrogen) atoms. The van der Waals surface area contributed by atoms with Crippen molar-refractivity contribution in [2.75, 3.05) is 13.1 Å². The quantitative estimate of drug-likeness (QED) is 0.722. The first-order valence-corrected chi connectivity index (χ1v) is 7.02. The second-order valence-corrected chi connectivity index (χ2v) is 4.73. The van der Waals surface area contributed by atoms with Crippen molar-refractivity contribution in [2.45, 2.75) is 45.4 Å². The second kappa shape index (κ2) is 8.15. The summed E-state index contributed by atoms with van der Waals surface area (Å²) < 4.78 is 44.3. The monoisotopic (exact) mass is 289 g/mol. The van der Waals surface area contributed by atoms with Crippen LogP contribution in [0, 0.1) is 0 Å². The van der Waals surface area contributed by atoms with Gasteiger partial charge >= 0.3 is 6.18 Å². The van der Waals surface area contributed by atoms with Crippen molar-refractivity contribution in [3.05, 3.63) is 29.8 Å². The number of nitrogens with one attached hydrogen (secondary N) is 1. The Hall–Kier alpha value is -1.23. The molecule has 1 N–H and O–H groups in total. The summed E-state index contributed by atoms with van der Waals surface area (Å²) in [6, 6.07) is 5.37. The van der Waals surface area contributed by atoms with Gasteiger partial charge in [0.25, 0.3) is 0 Å². The van der Waals surface area contributed by atoms with Gasteiger partial charge in [-0.2, -0.15) is 13.2 Å². The van der Waals surface area contributed by atoms with Crippen molar-refractivity contribution in [1.82, 2.24) is 5.32 Å². The van der Waals surface area contributed by atoms with Gasteiger partial charge in [-0.3, -0.25) is 0 Å². The van der Waals surface area contributed by atoms with E-state index in [1.807, 2.05) is 13.8 Å². The summed E-state index contributed by atoms with van der Waals surface area (Å²) in [5.74, 6) is -0.0863. The highest BCUT2D eigenvalue weighted by atomic mass is 19.4. The summed E-state index contributed by atoms with van der Waals surface area (Å²) in [5.41, 5.74) is -0.711. The third kappa shape index (κ3) is 5.41. The third-order valence-electron chi connectivity index (χ3n) is 2.90. The van der Waals surface area contributed by atoms with Crippen LogP contribution in [0.15, 0.2) is 24.3 Å². The molecule has 1 aromatic rings. The van der Waals surface area contributed by atoms with Crippen LogP contribution in [-0.2, 0) is 6.18 Å². The maximum Gasteiger partial charge on any atom is 0.419 e. The Morgan fingerprint density at radius 3 is 2.45 bits per heavy atom. The normalized spacial score (nSPS) is 13.2. The molecule has 114 valence electrons. The Morgan fingerprint density at radius 1 is 1.15 bits per heavy atom. The minimum absolute atomic E-state index is 0.0863. The summed E-state index contributed by atoms with van der Waals surface area (Å²) in [7, 11) is 0. The van der Waals surface area contributed by atoms with Crippen LogP contribution in [0.1, 0.15) is 38.7 Å². The zero-order chi connectivity index (χ0) is 15.0. The van der Waals surface area contributed by atoms with Crippen LogP contribution in [0.25, 0.3) is 0 Å². The lowest BCUT2D eigenvalue weighted by atomic mass is 10.1. The van der Waals surface area contributed by atoms with E-state index in [1.165, 1.54) is 12.1 Å². The van der Waals surface area contributed by atoms with Crippen LogP contribution in [0.4, 0.5) is 13.2 Å². The fourth-order valence-corrected chi connectivity index (χ4v) is 1.95. The van der Waals surface area contributed by atoms with Crippen molar-refractivity contribution in [3.8, 4) is 5.75 Å². The lowest BCUT2D eigenvalue weighted by Gasteiger charge is -2.21. The summed E-state index contributed by atoms with van der Waals surface area (Å²) in [5, 5.41) is 3.19. The van der Waals surface area contributed by atoms with Gasteiger partial charge in [-0.25, -0.2) is 0 Å². The second-order valence-electron chi connectivity index (χ2n) is 4.73. The molecule has 5 heteroatoms. The molecular formula is C15H22F3NO. The molecule has 2 nitrogen and oxygen atoms in total. The summed E-state index contributed by atoms with van der Waals surface area (Å²) in [6.45, 7) is 5.44. The van der Waals surface area contributed by atoms with Crippen molar-refractivity contribution >= 4 is 0 Å². The molecule has 1 rings (SSSR count). The van der Waals surface area contributed by atoms with Crippen LogP contribution >= 0.6 is 0 Å². The Morgan fingerprint density at radius 2 is 1.85 bits per heavy atom. The van der Waals surface area contributed by atoms with E-state index < -0.39 is 11.7 Å². The Labute approximate surface area is 118 Å². The van der Waals surface area contributed by atoms with E-state index in [-0.39, 0.29) is 11.9 Å². The number of alkyl halides is 3. The molecule has 0 saturated heterocycles. The highest BCUT2D eigenvalue weighted by Crippen LogP contribution is 2.36. The summed E-state index contributed by atoms with van der Waals surface area (Å²) in [4.78, 5) is 0. The maximum atomic E-state index is 12.9. The number of ether oxygens (including phenoxy) is 1. The van der Waals surface area contributed by atoms with Crippen LogP contribution < -0.4 is 10.1 Å². The van der Waals surface area contributed by atoms with Gasteiger partial charge < -0.3 is 10.1 Å². The van der Waals surface area contributed by atoms with Crippen LogP contribution in [0.2, 0.25) is 0 Å². The lowest BCUT2D eigenvalue weighted by Crippen LogP contribution is -2.32. The molecule has 1 atom stereocenters. The molecule has 0 aliphatic rings. The zero-order valence-electron chi connectivity index (χ0n) is 12.0. The van der Waals surface area contributed by atoms with Crippen LogP contribution in [0.5, 0.6) is 5.75 Å². The Balaban J connectivity index is 2.77.